The molecule has 20 heavy (non-hydrogen) atoms. The van der Waals surface area contributed by atoms with E-state index in [1.54, 1.807) is 0 Å². The van der Waals surface area contributed by atoms with Crippen LogP contribution in [0.5, 0.6) is 0 Å². The van der Waals surface area contributed by atoms with E-state index >= 15 is 0 Å². The van der Waals surface area contributed by atoms with Gasteiger partial charge in [0.15, 0.2) is 0 Å². The second-order valence-corrected chi connectivity index (χ2v) is 6.49. The second-order valence-electron chi connectivity index (χ2n) is 5.17. The number of hydrogen-bond acceptors (Lipinski definition) is 3. The monoisotopic (exact) mass is 289 g/mol. The summed E-state index contributed by atoms with van der Waals surface area (Å²) in [7, 11) is 0. The molecule has 1 aromatic carbocycles. The summed E-state index contributed by atoms with van der Waals surface area (Å²) >= 11 is 1.84. The highest BCUT2D eigenvalue weighted by Gasteiger charge is 2.15. The normalized spacial score (nSPS) is 14.2. The maximum atomic E-state index is 9.09. The molecule has 2 nitrogen and oxygen atoms in total. The lowest BCUT2D eigenvalue weighted by atomic mass is 10.0. The molecule has 2 unspecified atom stereocenters. The zero-order valence-electron chi connectivity index (χ0n) is 12.2. The highest BCUT2D eigenvalue weighted by Crippen LogP contribution is 2.27. The molecule has 0 aliphatic heterocycles. The molecule has 0 spiro atoms. The van der Waals surface area contributed by atoms with Crippen LogP contribution in [0.3, 0.4) is 0 Å². The molecule has 0 amide bonds. The first kappa shape index (κ1) is 15.2. The molecule has 2 aromatic rings. The first-order valence-corrected chi connectivity index (χ1v) is 8.00. The number of benzene rings is 1. The van der Waals surface area contributed by atoms with Crippen molar-refractivity contribution in [2.75, 3.05) is 6.61 Å². The molecule has 0 saturated heterocycles. The van der Waals surface area contributed by atoms with Gasteiger partial charge < -0.3 is 10.4 Å². The minimum Gasteiger partial charge on any atom is -0.396 e. The molecular formula is C17H23NOS. The molecule has 108 valence electrons. The van der Waals surface area contributed by atoms with Crippen molar-refractivity contribution in [3.63, 3.8) is 0 Å². The van der Waals surface area contributed by atoms with Crippen LogP contribution in [0.2, 0.25) is 0 Å². The molecule has 2 N–H and O–H groups in total. The molecule has 1 heterocycles. The van der Waals surface area contributed by atoms with Crippen LogP contribution in [0.4, 0.5) is 0 Å². The fraction of sp³-hybridized carbons (Fsp3) is 0.412. The Hall–Kier alpha value is -1.16. The van der Waals surface area contributed by atoms with Crippen molar-refractivity contribution in [2.24, 2.45) is 0 Å². The average molecular weight is 289 g/mol. The number of rotatable bonds is 7. The smallest absolute Gasteiger partial charge is 0.0431 e. The molecule has 0 aliphatic rings. The van der Waals surface area contributed by atoms with Crippen molar-refractivity contribution < 1.29 is 5.11 Å². The van der Waals surface area contributed by atoms with Crippen molar-refractivity contribution in [1.29, 1.82) is 0 Å². The van der Waals surface area contributed by atoms with E-state index in [4.69, 9.17) is 5.11 Å². The third kappa shape index (κ3) is 4.17. The number of aliphatic hydroxyl groups excluding tert-OH is 1. The van der Waals surface area contributed by atoms with Gasteiger partial charge in [-0.3, -0.25) is 0 Å². The summed E-state index contributed by atoms with van der Waals surface area (Å²) in [6.07, 6.45) is 1.78. The number of aryl methyl sites for hydroxylation is 1. The van der Waals surface area contributed by atoms with Gasteiger partial charge in [0.05, 0.1) is 0 Å². The van der Waals surface area contributed by atoms with E-state index in [9.17, 15) is 0 Å². The first-order valence-electron chi connectivity index (χ1n) is 7.19. The molecule has 0 saturated carbocycles. The number of thiophene rings is 1. The summed E-state index contributed by atoms with van der Waals surface area (Å²) in [6.45, 7) is 4.60. The Kier molecular flexibility index (Phi) is 5.77. The van der Waals surface area contributed by atoms with Crippen molar-refractivity contribution in [3.05, 3.63) is 57.8 Å². The number of aliphatic hydroxyl groups is 1. The van der Waals surface area contributed by atoms with Crippen LogP contribution in [0.15, 0.2) is 42.5 Å². The summed E-state index contributed by atoms with van der Waals surface area (Å²) in [6, 6.07) is 15.5. The maximum Gasteiger partial charge on any atom is 0.0431 e. The van der Waals surface area contributed by atoms with Crippen LogP contribution in [-0.4, -0.2) is 11.7 Å². The summed E-state index contributed by atoms with van der Waals surface area (Å²) in [5, 5.41) is 12.8. The van der Waals surface area contributed by atoms with Crippen molar-refractivity contribution >= 4 is 11.3 Å². The van der Waals surface area contributed by atoms with Gasteiger partial charge in [-0.05, 0) is 44.4 Å². The summed E-state index contributed by atoms with van der Waals surface area (Å²) < 4.78 is 0. The SMILES string of the molecule is Cc1ccc(C(C)NC(CCCO)c2ccccc2)s1. The van der Waals surface area contributed by atoms with Gasteiger partial charge in [0.1, 0.15) is 0 Å². The Morgan fingerprint density at radius 1 is 1.15 bits per heavy atom. The van der Waals surface area contributed by atoms with Crippen LogP contribution < -0.4 is 5.32 Å². The maximum absolute atomic E-state index is 9.09. The van der Waals surface area contributed by atoms with Gasteiger partial charge in [-0.15, -0.1) is 11.3 Å². The third-order valence-corrected chi connectivity index (χ3v) is 4.68. The van der Waals surface area contributed by atoms with Crippen LogP contribution in [0, 0.1) is 6.92 Å². The molecule has 1 aromatic heterocycles. The molecule has 2 atom stereocenters. The lowest BCUT2D eigenvalue weighted by Gasteiger charge is -2.23. The Morgan fingerprint density at radius 2 is 1.90 bits per heavy atom. The summed E-state index contributed by atoms with van der Waals surface area (Å²) in [5.41, 5.74) is 1.29. The average Bonchev–Trinajstić information content (AvgIpc) is 2.91. The standard InChI is InChI=1S/C17H23NOS/c1-13-10-11-17(20-13)14(2)18-16(9-6-12-19)15-7-4-3-5-8-15/h3-5,7-8,10-11,14,16,18-19H,6,9,12H2,1-2H3. The van der Waals surface area contributed by atoms with Crippen LogP contribution >= 0.6 is 11.3 Å². The lowest BCUT2D eigenvalue weighted by molar-refractivity contribution is 0.272. The molecule has 0 bridgehead atoms. The fourth-order valence-electron chi connectivity index (χ4n) is 2.40. The van der Waals surface area contributed by atoms with Gasteiger partial charge in [-0.1, -0.05) is 30.3 Å². The zero-order chi connectivity index (χ0) is 14.4. The molecule has 0 aliphatic carbocycles. The minimum absolute atomic E-state index is 0.248. The third-order valence-electron chi connectivity index (χ3n) is 3.49. The molecule has 0 radical (unpaired) electrons. The highest BCUT2D eigenvalue weighted by molar-refractivity contribution is 7.12. The van der Waals surface area contributed by atoms with E-state index in [0.717, 1.165) is 12.8 Å². The molecule has 3 heteroatoms. The van der Waals surface area contributed by atoms with Gasteiger partial charge in [0.25, 0.3) is 0 Å². The quantitative estimate of drug-likeness (QED) is 0.800. The van der Waals surface area contributed by atoms with Crippen LogP contribution in [-0.2, 0) is 0 Å². The van der Waals surface area contributed by atoms with Crippen LogP contribution in [0.1, 0.15) is 47.2 Å². The Balaban J connectivity index is 2.07. The van der Waals surface area contributed by atoms with E-state index in [0.29, 0.717) is 12.1 Å². The number of nitrogens with one attached hydrogen (secondary N) is 1. The first-order chi connectivity index (χ1) is 9.70. The van der Waals surface area contributed by atoms with Gasteiger partial charge in [0, 0.05) is 28.4 Å². The number of hydrogen-bond donors (Lipinski definition) is 2. The predicted molar refractivity (Wildman–Crippen MR) is 86.1 cm³/mol. The van der Waals surface area contributed by atoms with E-state index in [-0.39, 0.29) is 6.61 Å². The second kappa shape index (κ2) is 7.58. The molecule has 2 rings (SSSR count). The van der Waals surface area contributed by atoms with E-state index in [2.05, 4.69) is 55.6 Å². The van der Waals surface area contributed by atoms with Crippen molar-refractivity contribution in [1.82, 2.24) is 5.32 Å². The molecule has 0 fully saturated rings. The summed E-state index contributed by atoms with van der Waals surface area (Å²) in [4.78, 5) is 2.72. The zero-order valence-corrected chi connectivity index (χ0v) is 13.0. The van der Waals surface area contributed by atoms with Crippen molar-refractivity contribution in [3.8, 4) is 0 Å². The highest BCUT2D eigenvalue weighted by atomic mass is 32.1. The minimum atomic E-state index is 0.248. The lowest BCUT2D eigenvalue weighted by Crippen LogP contribution is -2.24. The Morgan fingerprint density at radius 3 is 2.50 bits per heavy atom. The van der Waals surface area contributed by atoms with Gasteiger partial charge in [0.2, 0.25) is 0 Å². The fourth-order valence-corrected chi connectivity index (χ4v) is 3.29. The van der Waals surface area contributed by atoms with Gasteiger partial charge in [-0.25, -0.2) is 0 Å². The predicted octanol–water partition coefficient (Wildman–Crippen LogP) is 4.22. The van der Waals surface area contributed by atoms with Crippen LogP contribution in [0.25, 0.3) is 0 Å². The van der Waals surface area contributed by atoms with E-state index in [1.807, 2.05) is 17.4 Å². The van der Waals surface area contributed by atoms with E-state index in [1.165, 1.54) is 15.3 Å². The van der Waals surface area contributed by atoms with Gasteiger partial charge >= 0.3 is 0 Å². The van der Waals surface area contributed by atoms with Crippen molar-refractivity contribution in [2.45, 2.75) is 38.8 Å². The Bertz CT molecular complexity index is 509. The Labute approximate surface area is 125 Å². The molecular weight excluding hydrogens is 266 g/mol. The van der Waals surface area contributed by atoms with E-state index < -0.39 is 0 Å². The largest absolute Gasteiger partial charge is 0.396 e. The topological polar surface area (TPSA) is 32.3 Å². The van der Waals surface area contributed by atoms with Gasteiger partial charge in [-0.2, -0.15) is 0 Å². The summed E-state index contributed by atoms with van der Waals surface area (Å²) in [5.74, 6) is 0.